The van der Waals surface area contributed by atoms with E-state index in [-0.39, 0.29) is 24.5 Å². The van der Waals surface area contributed by atoms with E-state index in [9.17, 15) is 14.7 Å². The first kappa shape index (κ1) is 9.17. The highest BCUT2D eigenvalue weighted by Gasteiger charge is 2.02. The summed E-state index contributed by atoms with van der Waals surface area (Å²) in [5.41, 5.74) is 4.65. The van der Waals surface area contributed by atoms with Gasteiger partial charge in [-0.1, -0.05) is 0 Å². The standard InChI is InChI=1S/C6H8N4O3/c7-6-8-5(13)3(9-10-6)1-2-4(11)12/h1-2H2,(H,11,12)(H3,7,8,10,13)/p-1. The van der Waals surface area contributed by atoms with Gasteiger partial charge in [0.15, 0.2) is 0 Å². The Kier molecular flexibility index (Phi) is 2.58. The van der Waals surface area contributed by atoms with Crippen LogP contribution in [0.3, 0.4) is 0 Å². The molecule has 1 rings (SSSR count). The lowest BCUT2D eigenvalue weighted by Gasteiger charge is -1.99. The van der Waals surface area contributed by atoms with Gasteiger partial charge in [0.05, 0.1) is 0 Å². The van der Waals surface area contributed by atoms with Gasteiger partial charge >= 0.3 is 0 Å². The number of aryl methyl sites for hydroxylation is 1. The number of H-pyrrole nitrogens is 1. The van der Waals surface area contributed by atoms with Gasteiger partial charge in [-0.3, -0.25) is 9.78 Å². The Balaban J connectivity index is 2.78. The molecule has 0 saturated carbocycles. The lowest BCUT2D eigenvalue weighted by molar-refractivity contribution is -0.305. The van der Waals surface area contributed by atoms with Crippen LogP contribution in [0.15, 0.2) is 4.79 Å². The molecule has 0 atom stereocenters. The summed E-state index contributed by atoms with van der Waals surface area (Å²) < 4.78 is 0. The van der Waals surface area contributed by atoms with Gasteiger partial charge in [-0.05, 0) is 6.42 Å². The maximum Gasteiger partial charge on any atom is 0.274 e. The maximum absolute atomic E-state index is 11.0. The van der Waals surface area contributed by atoms with Crippen LogP contribution < -0.4 is 16.4 Å². The Morgan fingerprint density at radius 2 is 2.23 bits per heavy atom. The van der Waals surface area contributed by atoms with E-state index < -0.39 is 11.5 Å². The van der Waals surface area contributed by atoms with Gasteiger partial charge < -0.3 is 15.6 Å². The van der Waals surface area contributed by atoms with E-state index in [1.54, 1.807) is 0 Å². The number of nitrogens with two attached hydrogens (primary N) is 1. The van der Waals surface area contributed by atoms with Crippen molar-refractivity contribution in [2.75, 3.05) is 5.73 Å². The number of nitrogens with one attached hydrogen (secondary N) is 1. The van der Waals surface area contributed by atoms with Crippen molar-refractivity contribution >= 4 is 11.9 Å². The average Bonchev–Trinajstić information content (AvgIpc) is 2.02. The van der Waals surface area contributed by atoms with Crippen LogP contribution in [0.1, 0.15) is 12.1 Å². The van der Waals surface area contributed by atoms with E-state index in [0.717, 1.165) is 0 Å². The lowest BCUT2D eigenvalue weighted by atomic mass is 10.2. The summed E-state index contributed by atoms with van der Waals surface area (Å²) in [6, 6.07) is 0. The van der Waals surface area contributed by atoms with E-state index in [1.165, 1.54) is 0 Å². The van der Waals surface area contributed by atoms with Crippen LogP contribution >= 0.6 is 0 Å². The number of carbonyl (C=O) groups is 1. The summed E-state index contributed by atoms with van der Waals surface area (Å²) in [5.74, 6) is -1.33. The smallest absolute Gasteiger partial charge is 0.274 e. The van der Waals surface area contributed by atoms with E-state index in [2.05, 4.69) is 15.2 Å². The number of nitrogens with zero attached hydrogens (tertiary/aromatic N) is 2. The van der Waals surface area contributed by atoms with Crippen LogP contribution in [-0.2, 0) is 11.2 Å². The quantitative estimate of drug-likeness (QED) is 0.530. The number of nitrogen functional groups attached to an aromatic ring is 1. The van der Waals surface area contributed by atoms with Crippen molar-refractivity contribution < 1.29 is 9.90 Å². The van der Waals surface area contributed by atoms with Gasteiger partial charge in [0.25, 0.3) is 5.56 Å². The van der Waals surface area contributed by atoms with Crippen molar-refractivity contribution in [3.05, 3.63) is 16.0 Å². The molecule has 0 unspecified atom stereocenters. The highest BCUT2D eigenvalue weighted by atomic mass is 16.4. The Hall–Kier alpha value is -1.92. The van der Waals surface area contributed by atoms with Crippen molar-refractivity contribution in [2.24, 2.45) is 0 Å². The molecule has 1 aromatic heterocycles. The van der Waals surface area contributed by atoms with Crippen LogP contribution in [0.5, 0.6) is 0 Å². The first-order chi connectivity index (χ1) is 6.09. The minimum absolute atomic E-state index is 0.00898. The fraction of sp³-hybridized carbons (Fsp3) is 0.333. The molecule has 0 spiro atoms. The normalized spacial score (nSPS) is 9.85. The molecule has 0 bridgehead atoms. The second kappa shape index (κ2) is 3.65. The van der Waals surface area contributed by atoms with Gasteiger partial charge in [0.2, 0.25) is 5.95 Å². The zero-order chi connectivity index (χ0) is 9.84. The first-order valence-corrected chi connectivity index (χ1v) is 3.51. The van der Waals surface area contributed by atoms with E-state index in [0.29, 0.717) is 0 Å². The van der Waals surface area contributed by atoms with E-state index in [4.69, 9.17) is 5.73 Å². The predicted octanol–water partition coefficient (Wildman–Crippen LogP) is -2.57. The van der Waals surface area contributed by atoms with Gasteiger partial charge in [0.1, 0.15) is 5.69 Å². The third-order valence-corrected chi connectivity index (χ3v) is 1.35. The number of carboxylic acid groups (broad SMARTS) is 1. The van der Waals surface area contributed by atoms with E-state index >= 15 is 0 Å². The molecule has 7 nitrogen and oxygen atoms in total. The van der Waals surface area contributed by atoms with Crippen LogP contribution in [0.25, 0.3) is 0 Å². The number of hydrogen-bond donors (Lipinski definition) is 2. The summed E-state index contributed by atoms with van der Waals surface area (Å²) in [6.45, 7) is 0. The number of hydrogen-bond acceptors (Lipinski definition) is 6. The van der Waals surface area contributed by atoms with E-state index in [1.807, 2.05) is 0 Å². The average molecular weight is 183 g/mol. The zero-order valence-corrected chi connectivity index (χ0v) is 6.61. The molecule has 0 fully saturated rings. The molecule has 0 aromatic carbocycles. The summed E-state index contributed by atoms with van der Waals surface area (Å²) in [4.78, 5) is 23.3. The molecule has 0 aliphatic carbocycles. The first-order valence-electron chi connectivity index (χ1n) is 3.51. The third kappa shape index (κ3) is 2.55. The molecular weight excluding hydrogens is 176 g/mol. The minimum atomic E-state index is -1.24. The number of aliphatic carboxylic acids is 1. The Morgan fingerprint density at radius 3 is 2.77 bits per heavy atom. The molecule has 0 amide bonds. The van der Waals surface area contributed by atoms with Crippen molar-refractivity contribution in [3.63, 3.8) is 0 Å². The SMILES string of the molecule is Nc1nnc(CCC(=O)[O-])c(=O)[nH]1. The topological polar surface area (TPSA) is 125 Å². The van der Waals surface area contributed by atoms with Crippen molar-refractivity contribution in [3.8, 4) is 0 Å². The van der Waals surface area contributed by atoms with Crippen molar-refractivity contribution in [1.29, 1.82) is 0 Å². The lowest BCUT2D eigenvalue weighted by Crippen LogP contribution is -2.25. The Morgan fingerprint density at radius 1 is 1.54 bits per heavy atom. The predicted molar refractivity (Wildman–Crippen MR) is 40.4 cm³/mol. The Bertz CT molecular complexity index is 372. The minimum Gasteiger partial charge on any atom is -0.550 e. The Labute approximate surface area is 72.6 Å². The number of anilines is 1. The molecule has 0 aliphatic rings. The van der Waals surface area contributed by atoms with Gasteiger partial charge in [-0.2, -0.15) is 0 Å². The second-order valence-corrected chi connectivity index (χ2v) is 2.36. The summed E-state index contributed by atoms with van der Waals surface area (Å²) in [5, 5.41) is 16.9. The van der Waals surface area contributed by atoms with Gasteiger partial charge in [0, 0.05) is 12.4 Å². The second-order valence-electron chi connectivity index (χ2n) is 2.36. The molecule has 3 N–H and O–H groups in total. The van der Waals surface area contributed by atoms with Crippen molar-refractivity contribution in [2.45, 2.75) is 12.8 Å². The highest BCUT2D eigenvalue weighted by molar-refractivity contribution is 5.64. The third-order valence-electron chi connectivity index (χ3n) is 1.35. The molecule has 70 valence electrons. The number of carbonyl (C=O) groups excluding carboxylic acids is 1. The van der Waals surface area contributed by atoms with Crippen LogP contribution in [-0.4, -0.2) is 21.2 Å². The molecule has 0 saturated heterocycles. The largest absolute Gasteiger partial charge is 0.550 e. The maximum atomic E-state index is 11.0. The summed E-state index contributed by atoms with van der Waals surface area (Å²) in [7, 11) is 0. The monoisotopic (exact) mass is 183 g/mol. The molecular formula is C6H7N4O3-. The molecule has 1 aromatic rings. The van der Waals surface area contributed by atoms with Gasteiger partial charge in [-0.15, -0.1) is 10.2 Å². The fourth-order valence-electron chi connectivity index (χ4n) is 0.757. The number of aromatic amines is 1. The van der Waals surface area contributed by atoms with Crippen LogP contribution in [0.4, 0.5) is 5.95 Å². The summed E-state index contributed by atoms with van der Waals surface area (Å²) in [6.07, 6.45) is -0.271. The number of carboxylic acids is 1. The number of rotatable bonds is 3. The highest BCUT2D eigenvalue weighted by Crippen LogP contribution is 1.90. The molecule has 7 heteroatoms. The van der Waals surface area contributed by atoms with Gasteiger partial charge in [-0.25, -0.2) is 0 Å². The summed E-state index contributed by atoms with van der Waals surface area (Å²) >= 11 is 0. The van der Waals surface area contributed by atoms with Crippen LogP contribution in [0.2, 0.25) is 0 Å². The molecule has 0 aliphatic heterocycles. The molecule has 0 radical (unpaired) electrons. The fourth-order valence-corrected chi connectivity index (χ4v) is 0.757. The molecule has 13 heavy (non-hydrogen) atoms. The molecule has 1 heterocycles. The van der Waals surface area contributed by atoms with Crippen LogP contribution in [0, 0.1) is 0 Å². The van der Waals surface area contributed by atoms with Crippen molar-refractivity contribution in [1.82, 2.24) is 15.2 Å². The zero-order valence-electron chi connectivity index (χ0n) is 6.61. The number of aromatic nitrogens is 3.